The average Bonchev–Trinajstić information content (AvgIpc) is 2.60. The molecule has 0 radical (unpaired) electrons. The molecule has 6 nitrogen and oxygen atoms in total. The van der Waals surface area contributed by atoms with E-state index in [1.165, 1.54) is 26.5 Å². The van der Waals surface area contributed by atoms with E-state index in [9.17, 15) is 18.4 Å². The Bertz CT molecular complexity index is 631. The lowest BCUT2D eigenvalue weighted by Crippen LogP contribution is -2.31. The molecule has 0 aliphatic carbocycles. The zero-order valence-electron chi connectivity index (χ0n) is 14.4. The molecule has 138 valence electrons. The van der Waals surface area contributed by atoms with E-state index in [1.807, 2.05) is 0 Å². The molecular weight excluding hydrogens is 334 g/mol. The van der Waals surface area contributed by atoms with Crippen LogP contribution in [0, 0.1) is 11.6 Å². The van der Waals surface area contributed by atoms with Crippen LogP contribution in [0.25, 0.3) is 0 Å². The van der Waals surface area contributed by atoms with Crippen molar-refractivity contribution in [1.82, 2.24) is 10.6 Å². The van der Waals surface area contributed by atoms with Crippen molar-refractivity contribution in [3.8, 4) is 0 Å². The van der Waals surface area contributed by atoms with Gasteiger partial charge in [0.05, 0.1) is 12.1 Å². The molecule has 0 heterocycles. The second-order valence-corrected chi connectivity index (χ2v) is 5.06. The van der Waals surface area contributed by atoms with E-state index in [-0.39, 0.29) is 36.4 Å². The number of carbonyl (C=O) groups excluding carboxylic acids is 2. The van der Waals surface area contributed by atoms with Crippen LogP contribution < -0.4 is 10.6 Å². The summed E-state index contributed by atoms with van der Waals surface area (Å²) in [6.45, 7) is 1.68. The molecule has 0 saturated carbocycles. The number of Topliss-reactive ketones (excluding diaryl/α,β-unsaturated/α-hetero) is 1. The third-order valence-corrected chi connectivity index (χ3v) is 3.38. The van der Waals surface area contributed by atoms with Crippen molar-refractivity contribution >= 4 is 11.7 Å². The first kappa shape index (κ1) is 20.7. The molecule has 0 aliphatic heterocycles. The van der Waals surface area contributed by atoms with E-state index in [0.717, 1.165) is 12.1 Å². The maximum atomic E-state index is 13.6. The van der Waals surface area contributed by atoms with Gasteiger partial charge in [0.15, 0.2) is 12.1 Å². The van der Waals surface area contributed by atoms with E-state index in [4.69, 9.17) is 9.47 Å². The molecule has 0 bridgehead atoms. The molecule has 1 amide bonds. The zero-order chi connectivity index (χ0) is 18.8. The fourth-order valence-electron chi connectivity index (χ4n) is 1.92. The van der Waals surface area contributed by atoms with Crippen LogP contribution in [0.15, 0.2) is 30.0 Å². The summed E-state index contributed by atoms with van der Waals surface area (Å²) >= 11 is 0. The van der Waals surface area contributed by atoms with Gasteiger partial charge in [-0.1, -0.05) is 13.0 Å². The monoisotopic (exact) mass is 356 g/mol. The third kappa shape index (κ3) is 6.60. The van der Waals surface area contributed by atoms with Crippen LogP contribution >= 0.6 is 0 Å². The molecule has 2 N–H and O–H groups in total. The van der Waals surface area contributed by atoms with Crippen molar-refractivity contribution in [2.75, 3.05) is 20.8 Å². The number of methoxy groups -OCH3 is 2. The largest absolute Gasteiger partial charge is 0.385 e. The number of carbonyl (C=O) groups is 2. The summed E-state index contributed by atoms with van der Waals surface area (Å²) in [6.07, 6.45) is 0.863. The van der Waals surface area contributed by atoms with Gasteiger partial charge in [0.2, 0.25) is 0 Å². The number of hydrogen-bond donors (Lipinski definition) is 2. The van der Waals surface area contributed by atoms with Gasteiger partial charge in [-0.3, -0.25) is 9.59 Å². The van der Waals surface area contributed by atoms with E-state index in [1.54, 1.807) is 6.92 Å². The number of benzene rings is 1. The number of amides is 1. The smallest absolute Gasteiger partial charge is 0.256 e. The summed E-state index contributed by atoms with van der Waals surface area (Å²) < 4.78 is 36.4. The lowest BCUT2D eigenvalue weighted by Gasteiger charge is -2.14. The van der Waals surface area contributed by atoms with Crippen molar-refractivity contribution in [3.63, 3.8) is 0 Å². The highest BCUT2D eigenvalue weighted by atomic mass is 19.1. The minimum absolute atomic E-state index is 0.101. The number of ether oxygens (including phenoxy) is 2. The minimum Gasteiger partial charge on any atom is -0.385 e. The summed E-state index contributed by atoms with van der Waals surface area (Å²) in [5.74, 6) is -2.51. The third-order valence-electron chi connectivity index (χ3n) is 3.38. The lowest BCUT2D eigenvalue weighted by atomic mass is 10.1. The topological polar surface area (TPSA) is 76.7 Å². The Hall–Kier alpha value is -2.32. The fraction of sp³-hybridized carbons (Fsp3) is 0.412. The van der Waals surface area contributed by atoms with Gasteiger partial charge in [0, 0.05) is 45.0 Å². The van der Waals surface area contributed by atoms with Gasteiger partial charge in [0.25, 0.3) is 5.91 Å². The molecule has 0 aliphatic rings. The quantitative estimate of drug-likeness (QED) is 0.289. The van der Waals surface area contributed by atoms with Crippen LogP contribution in [-0.2, 0) is 25.6 Å². The second-order valence-electron chi connectivity index (χ2n) is 5.06. The molecule has 0 unspecified atom stereocenters. The van der Waals surface area contributed by atoms with Gasteiger partial charge < -0.3 is 20.1 Å². The van der Waals surface area contributed by atoms with E-state index < -0.39 is 23.8 Å². The Morgan fingerprint density at radius 1 is 1.24 bits per heavy atom. The minimum atomic E-state index is -0.770. The number of halogens is 2. The van der Waals surface area contributed by atoms with Crippen molar-refractivity contribution in [2.45, 2.75) is 26.2 Å². The Kier molecular flexibility index (Phi) is 8.73. The fourth-order valence-corrected chi connectivity index (χ4v) is 1.92. The number of hydrogen-bond acceptors (Lipinski definition) is 5. The van der Waals surface area contributed by atoms with Gasteiger partial charge in [0.1, 0.15) is 11.6 Å². The summed E-state index contributed by atoms with van der Waals surface area (Å²) in [7, 11) is 2.92. The number of ketones is 1. The van der Waals surface area contributed by atoms with Gasteiger partial charge in [-0.25, -0.2) is 8.78 Å². The molecule has 0 spiro atoms. The van der Waals surface area contributed by atoms with E-state index in [2.05, 4.69) is 10.6 Å². The van der Waals surface area contributed by atoms with Crippen molar-refractivity contribution in [3.05, 3.63) is 47.2 Å². The van der Waals surface area contributed by atoms with Gasteiger partial charge in [-0.2, -0.15) is 0 Å². The Morgan fingerprint density at radius 2 is 1.92 bits per heavy atom. The van der Waals surface area contributed by atoms with Crippen LogP contribution in [0.1, 0.15) is 18.9 Å². The molecule has 0 saturated heterocycles. The summed E-state index contributed by atoms with van der Waals surface area (Å²) in [4.78, 5) is 24.1. The standard InChI is InChI=1S/C17H22F2N2O4/c1-4-15(22)13(9-20-10-16(24-2)25-3)17(23)21-8-11-5-6-12(18)7-14(11)19/h5-7,9,16,20H,4,8,10H2,1-3H3,(H,21,23)/b13-9+. The van der Waals surface area contributed by atoms with Crippen molar-refractivity contribution < 1.29 is 27.8 Å². The van der Waals surface area contributed by atoms with Crippen molar-refractivity contribution in [2.24, 2.45) is 0 Å². The molecule has 8 heteroatoms. The highest BCUT2D eigenvalue weighted by molar-refractivity contribution is 6.19. The first-order valence-corrected chi connectivity index (χ1v) is 7.67. The second kappa shape index (κ2) is 10.5. The van der Waals surface area contributed by atoms with Gasteiger partial charge in [-0.15, -0.1) is 0 Å². The molecule has 1 aromatic rings. The van der Waals surface area contributed by atoms with E-state index >= 15 is 0 Å². The first-order chi connectivity index (χ1) is 11.9. The lowest BCUT2D eigenvalue weighted by molar-refractivity contribution is -0.122. The zero-order valence-corrected chi connectivity index (χ0v) is 14.4. The first-order valence-electron chi connectivity index (χ1n) is 7.67. The predicted octanol–water partition coefficient (Wildman–Crippen LogP) is 1.65. The Labute approximate surface area is 145 Å². The van der Waals surface area contributed by atoms with Crippen LogP contribution in [0.4, 0.5) is 8.78 Å². The summed E-state index contributed by atoms with van der Waals surface area (Å²) in [5.41, 5.74) is 0.0146. The van der Waals surface area contributed by atoms with Crippen molar-refractivity contribution in [1.29, 1.82) is 0 Å². The Morgan fingerprint density at radius 3 is 2.48 bits per heavy atom. The highest BCUT2D eigenvalue weighted by Crippen LogP contribution is 2.09. The molecule has 1 rings (SSSR count). The van der Waals surface area contributed by atoms with Gasteiger partial charge >= 0.3 is 0 Å². The van der Waals surface area contributed by atoms with E-state index in [0.29, 0.717) is 0 Å². The molecule has 25 heavy (non-hydrogen) atoms. The Balaban J connectivity index is 2.74. The normalized spacial score (nSPS) is 11.5. The van der Waals surface area contributed by atoms with Crippen LogP contribution in [-0.4, -0.2) is 38.7 Å². The van der Waals surface area contributed by atoms with Crippen LogP contribution in [0.3, 0.4) is 0 Å². The average molecular weight is 356 g/mol. The maximum absolute atomic E-state index is 13.6. The SMILES string of the molecule is CCC(=O)/C(=C\NCC(OC)OC)C(=O)NCc1ccc(F)cc1F. The highest BCUT2D eigenvalue weighted by Gasteiger charge is 2.17. The number of nitrogens with one attached hydrogen (secondary N) is 2. The van der Waals surface area contributed by atoms with Crippen LogP contribution in [0.2, 0.25) is 0 Å². The van der Waals surface area contributed by atoms with Gasteiger partial charge in [-0.05, 0) is 6.07 Å². The maximum Gasteiger partial charge on any atom is 0.256 e. The molecule has 0 fully saturated rings. The molecule has 0 atom stereocenters. The number of rotatable bonds is 10. The molecule has 1 aromatic carbocycles. The van der Waals surface area contributed by atoms with Crippen LogP contribution in [0.5, 0.6) is 0 Å². The summed E-state index contributed by atoms with van der Waals surface area (Å²) in [6, 6.07) is 3.05. The predicted molar refractivity (Wildman–Crippen MR) is 87.4 cm³/mol. The molecule has 0 aromatic heterocycles. The summed E-state index contributed by atoms with van der Waals surface area (Å²) in [5, 5.41) is 5.23. The molecular formula is C17H22F2N2O4.